The molecule has 0 aliphatic carbocycles. The molecule has 0 saturated heterocycles. The molecule has 1 aromatic heterocycles. The average Bonchev–Trinajstić information content (AvgIpc) is 3.08. The first-order valence-electron chi connectivity index (χ1n) is 7.43. The lowest BCUT2D eigenvalue weighted by atomic mass is 10.3. The van der Waals surface area contributed by atoms with Crippen LogP contribution in [0, 0.1) is 0 Å². The van der Waals surface area contributed by atoms with Crippen molar-refractivity contribution < 1.29 is 23.1 Å². The summed E-state index contributed by atoms with van der Waals surface area (Å²) in [6.45, 7) is -0.461. The van der Waals surface area contributed by atoms with Gasteiger partial charge in [0.2, 0.25) is 4.80 Å². The van der Waals surface area contributed by atoms with Crippen molar-refractivity contribution in [3.8, 4) is 11.4 Å². The molecule has 0 spiro atoms. The van der Waals surface area contributed by atoms with Crippen molar-refractivity contribution in [2.75, 3.05) is 6.61 Å². The molecule has 9 heteroatoms. The zero-order chi connectivity index (χ0) is 18.6. The minimum absolute atomic E-state index is 0.110. The fourth-order valence-corrected chi connectivity index (χ4v) is 4.10. The maximum Gasteiger partial charge on any atom is 0.341 e. The monoisotopic (exact) mass is 390 g/mol. The van der Waals surface area contributed by atoms with Gasteiger partial charge in [-0.3, -0.25) is 4.57 Å². The molecule has 0 amide bonds. The predicted octanol–water partition coefficient (Wildman–Crippen LogP) is 2.29. The third-order valence-electron chi connectivity index (χ3n) is 3.29. The second kappa shape index (κ2) is 7.54. The zero-order valence-corrected chi connectivity index (χ0v) is 15.0. The topological polar surface area (TPSA) is 98.0 Å². The van der Waals surface area contributed by atoms with Gasteiger partial charge in [0.25, 0.3) is 10.0 Å². The summed E-state index contributed by atoms with van der Waals surface area (Å²) in [5.41, 5.74) is 0.608. The van der Waals surface area contributed by atoms with Crippen molar-refractivity contribution in [1.29, 1.82) is 0 Å². The van der Waals surface area contributed by atoms with Crippen LogP contribution in [-0.4, -0.2) is 30.7 Å². The fraction of sp³-hybridized carbons (Fsp3) is 0.0588. The van der Waals surface area contributed by atoms with E-state index in [0.717, 1.165) is 0 Å². The zero-order valence-electron chi connectivity index (χ0n) is 13.3. The normalized spacial score (nSPS) is 12.1. The van der Waals surface area contributed by atoms with Gasteiger partial charge in [0.1, 0.15) is 5.75 Å². The standard InChI is InChI=1S/C17H14N2O5S2/c20-16(21)12-24-14-6-4-5-13(11-14)19-9-10-25-17(19)18-26(22,23)15-7-2-1-3-8-15/h1-11H,12H2,(H,20,21)/b18-17-. The number of carboxylic acids is 1. The highest BCUT2D eigenvalue weighted by molar-refractivity contribution is 7.90. The Hall–Kier alpha value is -2.91. The summed E-state index contributed by atoms with van der Waals surface area (Å²) in [7, 11) is -3.84. The van der Waals surface area contributed by atoms with Gasteiger partial charge in [-0.2, -0.15) is 8.42 Å². The molecule has 0 radical (unpaired) electrons. The van der Waals surface area contributed by atoms with E-state index in [2.05, 4.69) is 4.40 Å². The van der Waals surface area contributed by atoms with Crippen LogP contribution in [0.4, 0.5) is 0 Å². The van der Waals surface area contributed by atoms with E-state index in [1.54, 1.807) is 58.6 Å². The fourth-order valence-electron chi connectivity index (χ4n) is 2.15. The Morgan fingerprint density at radius 2 is 1.92 bits per heavy atom. The third-order valence-corrected chi connectivity index (χ3v) is 5.44. The number of sulfonamides is 1. The highest BCUT2D eigenvalue weighted by Gasteiger charge is 2.13. The summed E-state index contributed by atoms with van der Waals surface area (Å²) in [6, 6.07) is 14.6. The van der Waals surface area contributed by atoms with Crippen LogP contribution >= 0.6 is 11.3 Å². The summed E-state index contributed by atoms with van der Waals surface area (Å²) >= 11 is 1.17. The molecule has 1 N–H and O–H groups in total. The number of hydrogen-bond acceptors (Lipinski definition) is 5. The Balaban J connectivity index is 1.99. The number of thiazole rings is 1. The van der Waals surface area contributed by atoms with Gasteiger partial charge in [-0.1, -0.05) is 24.3 Å². The molecule has 0 fully saturated rings. The van der Waals surface area contributed by atoms with Crippen LogP contribution in [0.1, 0.15) is 0 Å². The molecule has 1 heterocycles. The predicted molar refractivity (Wildman–Crippen MR) is 96.0 cm³/mol. The van der Waals surface area contributed by atoms with Crippen LogP contribution < -0.4 is 9.54 Å². The molecule has 0 unspecified atom stereocenters. The molecular weight excluding hydrogens is 376 g/mol. The first-order valence-corrected chi connectivity index (χ1v) is 9.75. The van der Waals surface area contributed by atoms with E-state index in [0.29, 0.717) is 11.4 Å². The summed E-state index contributed by atoms with van der Waals surface area (Å²) in [6.07, 6.45) is 1.68. The number of carboxylic acid groups (broad SMARTS) is 1. The molecule has 0 aliphatic rings. The number of benzene rings is 2. The number of aliphatic carboxylic acids is 1. The molecule has 7 nitrogen and oxygen atoms in total. The van der Waals surface area contributed by atoms with E-state index < -0.39 is 22.6 Å². The summed E-state index contributed by atoms with van der Waals surface area (Å²) in [5.74, 6) is -0.719. The van der Waals surface area contributed by atoms with E-state index in [1.165, 1.54) is 23.5 Å². The molecule has 26 heavy (non-hydrogen) atoms. The minimum Gasteiger partial charge on any atom is -0.482 e. The molecule has 0 aliphatic heterocycles. The summed E-state index contributed by atoms with van der Waals surface area (Å²) < 4.78 is 35.6. The van der Waals surface area contributed by atoms with Crippen LogP contribution in [0.25, 0.3) is 5.69 Å². The molecule has 2 aromatic carbocycles. The summed E-state index contributed by atoms with van der Waals surface area (Å²) in [4.78, 5) is 11.0. The number of rotatable bonds is 6. The highest BCUT2D eigenvalue weighted by atomic mass is 32.2. The van der Waals surface area contributed by atoms with E-state index in [9.17, 15) is 13.2 Å². The number of ether oxygens (including phenoxy) is 1. The van der Waals surface area contributed by atoms with Crippen molar-refractivity contribution in [2.45, 2.75) is 4.90 Å². The van der Waals surface area contributed by atoms with Gasteiger partial charge in [-0.15, -0.1) is 15.7 Å². The molecular formula is C17H14N2O5S2. The quantitative estimate of drug-likeness (QED) is 0.696. The van der Waals surface area contributed by atoms with Crippen molar-refractivity contribution in [2.24, 2.45) is 4.40 Å². The van der Waals surface area contributed by atoms with Crippen molar-refractivity contribution in [1.82, 2.24) is 4.57 Å². The van der Waals surface area contributed by atoms with Gasteiger partial charge in [0, 0.05) is 17.6 Å². The Labute approximate surface area is 153 Å². The Morgan fingerprint density at radius 1 is 1.15 bits per heavy atom. The van der Waals surface area contributed by atoms with E-state index in [1.807, 2.05) is 0 Å². The van der Waals surface area contributed by atoms with Gasteiger partial charge in [-0.05, 0) is 24.3 Å². The molecule has 0 saturated carbocycles. The van der Waals surface area contributed by atoms with Crippen molar-refractivity contribution in [3.63, 3.8) is 0 Å². The van der Waals surface area contributed by atoms with Crippen LogP contribution in [-0.2, 0) is 14.8 Å². The molecule has 3 aromatic rings. The Morgan fingerprint density at radius 3 is 2.65 bits per heavy atom. The first kappa shape index (κ1) is 17.9. The second-order valence-corrected chi connectivity index (χ2v) is 7.59. The SMILES string of the molecule is O=C(O)COc1cccc(-n2ccs/c2=N\S(=O)(=O)c2ccccc2)c1. The van der Waals surface area contributed by atoms with Gasteiger partial charge in [-0.25, -0.2) is 4.79 Å². The number of aromatic nitrogens is 1. The number of hydrogen-bond donors (Lipinski definition) is 1. The van der Waals surface area contributed by atoms with Gasteiger partial charge >= 0.3 is 5.97 Å². The van der Waals surface area contributed by atoms with E-state index in [-0.39, 0.29) is 9.70 Å². The maximum atomic E-state index is 12.5. The van der Waals surface area contributed by atoms with Gasteiger partial charge in [0.05, 0.1) is 10.6 Å². The van der Waals surface area contributed by atoms with Crippen LogP contribution in [0.3, 0.4) is 0 Å². The number of carbonyl (C=O) groups is 1. The Kier molecular flexibility index (Phi) is 5.19. The van der Waals surface area contributed by atoms with Gasteiger partial charge in [0.15, 0.2) is 6.61 Å². The third kappa shape index (κ3) is 4.19. The molecule has 0 bridgehead atoms. The molecule has 0 atom stereocenters. The average molecular weight is 390 g/mol. The highest BCUT2D eigenvalue weighted by Crippen LogP contribution is 2.17. The summed E-state index contributed by atoms with van der Waals surface area (Å²) in [5, 5.41) is 10.4. The largest absolute Gasteiger partial charge is 0.482 e. The van der Waals surface area contributed by atoms with Crippen LogP contribution in [0.2, 0.25) is 0 Å². The number of nitrogens with zero attached hydrogens (tertiary/aromatic N) is 2. The first-order chi connectivity index (χ1) is 12.5. The minimum atomic E-state index is -3.84. The lowest BCUT2D eigenvalue weighted by Crippen LogP contribution is -2.15. The van der Waals surface area contributed by atoms with E-state index >= 15 is 0 Å². The lowest BCUT2D eigenvalue weighted by Gasteiger charge is -2.07. The maximum absolute atomic E-state index is 12.5. The smallest absolute Gasteiger partial charge is 0.341 e. The van der Waals surface area contributed by atoms with Crippen molar-refractivity contribution in [3.05, 3.63) is 71.0 Å². The molecule has 3 rings (SSSR count). The van der Waals surface area contributed by atoms with Crippen LogP contribution in [0.5, 0.6) is 5.75 Å². The second-order valence-electron chi connectivity index (χ2n) is 5.11. The van der Waals surface area contributed by atoms with Gasteiger partial charge < -0.3 is 9.84 Å². The lowest BCUT2D eigenvalue weighted by molar-refractivity contribution is -0.139. The molecule has 134 valence electrons. The van der Waals surface area contributed by atoms with E-state index in [4.69, 9.17) is 9.84 Å². The van der Waals surface area contributed by atoms with Crippen molar-refractivity contribution >= 4 is 27.3 Å². The Bertz CT molecular complexity index is 1090. The van der Waals surface area contributed by atoms with Crippen LogP contribution in [0.15, 0.2) is 75.5 Å².